The van der Waals surface area contributed by atoms with E-state index in [9.17, 15) is 4.79 Å². The Hall–Kier alpha value is -0.390. The monoisotopic (exact) mass is 402 g/mol. The molecule has 0 aromatic heterocycles. The largest absolute Gasteiger partial charge is 0.336 e. The van der Waals surface area contributed by atoms with Gasteiger partial charge in [-0.15, -0.1) is 0 Å². The molecule has 0 aliphatic heterocycles. The first-order chi connectivity index (χ1) is 9.52. The SMILES string of the molecule is CCN(C(=O)c1cc(Br)ccc1Br)C1CCC(N)CC1. The van der Waals surface area contributed by atoms with Crippen LogP contribution in [0.15, 0.2) is 27.1 Å². The molecule has 1 aromatic rings. The number of carbonyl (C=O) groups excluding carboxylic acids is 1. The van der Waals surface area contributed by atoms with E-state index in [2.05, 4.69) is 31.9 Å². The van der Waals surface area contributed by atoms with Crippen LogP contribution in [0, 0.1) is 0 Å². The van der Waals surface area contributed by atoms with Crippen molar-refractivity contribution in [1.82, 2.24) is 4.90 Å². The summed E-state index contributed by atoms with van der Waals surface area (Å²) in [5.41, 5.74) is 6.67. The van der Waals surface area contributed by atoms with Crippen LogP contribution in [0.25, 0.3) is 0 Å². The highest BCUT2D eigenvalue weighted by Gasteiger charge is 2.28. The molecule has 1 saturated carbocycles. The highest BCUT2D eigenvalue weighted by molar-refractivity contribution is 9.11. The minimum Gasteiger partial charge on any atom is -0.336 e. The number of nitrogens with two attached hydrogens (primary N) is 1. The maximum absolute atomic E-state index is 12.8. The molecular formula is C15H20Br2N2O. The molecule has 0 saturated heterocycles. The molecule has 110 valence electrons. The number of hydrogen-bond donors (Lipinski definition) is 1. The zero-order chi connectivity index (χ0) is 14.7. The van der Waals surface area contributed by atoms with E-state index in [1.807, 2.05) is 30.0 Å². The molecule has 5 heteroatoms. The Balaban J connectivity index is 2.18. The number of amides is 1. The summed E-state index contributed by atoms with van der Waals surface area (Å²) in [6.07, 6.45) is 4.03. The number of carbonyl (C=O) groups is 1. The Kier molecular flexibility index (Phi) is 5.64. The molecular weight excluding hydrogens is 384 g/mol. The topological polar surface area (TPSA) is 46.3 Å². The first-order valence-electron chi connectivity index (χ1n) is 7.04. The van der Waals surface area contributed by atoms with E-state index in [1.165, 1.54) is 0 Å². The van der Waals surface area contributed by atoms with Crippen molar-refractivity contribution in [2.75, 3.05) is 6.54 Å². The predicted octanol–water partition coefficient (Wildman–Crippen LogP) is 3.94. The average Bonchev–Trinajstić information content (AvgIpc) is 2.44. The summed E-state index contributed by atoms with van der Waals surface area (Å²) in [5, 5.41) is 0. The molecule has 1 aliphatic rings. The molecule has 0 radical (unpaired) electrons. The van der Waals surface area contributed by atoms with Crippen molar-refractivity contribution >= 4 is 37.8 Å². The normalized spacial score (nSPS) is 22.6. The number of hydrogen-bond acceptors (Lipinski definition) is 2. The van der Waals surface area contributed by atoms with Crippen molar-refractivity contribution in [3.05, 3.63) is 32.7 Å². The lowest BCUT2D eigenvalue weighted by atomic mass is 9.90. The van der Waals surface area contributed by atoms with E-state index in [-0.39, 0.29) is 5.91 Å². The molecule has 0 heterocycles. The van der Waals surface area contributed by atoms with Gasteiger partial charge in [0.1, 0.15) is 0 Å². The highest BCUT2D eigenvalue weighted by Crippen LogP contribution is 2.27. The van der Waals surface area contributed by atoms with Crippen LogP contribution in [0.3, 0.4) is 0 Å². The Morgan fingerprint density at radius 3 is 2.55 bits per heavy atom. The summed E-state index contributed by atoms with van der Waals surface area (Å²) >= 11 is 6.91. The standard InChI is InChI=1S/C15H20Br2N2O/c1-2-19(12-6-4-11(18)5-7-12)15(20)13-9-10(16)3-8-14(13)17/h3,8-9,11-12H,2,4-7,18H2,1H3. The van der Waals surface area contributed by atoms with Crippen LogP contribution in [-0.4, -0.2) is 29.4 Å². The van der Waals surface area contributed by atoms with E-state index in [4.69, 9.17) is 5.73 Å². The van der Waals surface area contributed by atoms with Gasteiger partial charge in [0.05, 0.1) is 5.56 Å². The smallest absolute Gasteiger partial charge is 0.255 e. The fourth-order valence-corrected chi connectivity index (χ4v) is 3.57. The summed E-state index contributed by atoms with van der Waals surface area (Å²) in [5.74, 6) is 0.0983. The molecule has 20 heavy (non-hydrogen) atoms. The van der Waals surface area contributed by atoms with Crippen molar-refractivity contribution in [3.63, 3.8) is 0 Å². The van der Waals surface area contributed by atoms with Gasteiger partial charge in [-0.05, 0) is 66.7 Å². The number of halogens is 2. The van der Waals surface area contributed by atoms with Gasteiger partial charge in [0.15, 0.2) is 0 Å². The van der Waals surface area contributed by atoms with Crippen molar-refractivity contribution in [2.24, 2.45) is 5.73 Å². The first kappa shape index (κ1) is 16.0. The molecule has 3 nitrogen and oxygen atoms in total. The second-order valence-corrected chi connectivity index (χ2v) is 7.05. The molecule has 0 spiro atoms. The molecule has 0 bridgehead atoms. The molecule has 2 N–H and O–H groups in total. The van der Waals surface area contributed by atoms with Crippen LogP contribution in [-0.2, 0) is 0 Å². The number of nitrogens with zero attached hydrogens (tertiary/aromatic N) is 1. The fourth-order valence-electron chi connectivity index (χ4n) is 2.80. The van der Waals surface area contributed by atoms with Gasteiger partial charge < -0.3 is 10.6 Å². The third kappa shape index (κ3) is 3.62. The summed E-state index contributed by atoms with van der Waals surface area (Å²) < 4.78 is 1.77. The van der Waals surface area contributed by atoms with Gasteiger partial charge in [-0.3, -0.25) is 4.79 Å². The molecule has 1 aliphatic carbocycles. The lowest BCUT2D eigenvalue weighted by molar-refractivity contribution is 0.0639. The Bertz CT molecular complexity index is 485. The Morgan fingerprint density at radius 2 is 1.95 bits per heavy atom. The molecule has 1 amide bonds. The second kappa shape index (κ2) is 7.05. The molecule has 0 unspecified atom stereocenters. The quantitative estimate of drug-likeness (QED) is 0.830. The molecule has 1 aromatic carbocycles. The maximum atomic E-state index is 12.8. The second-order valence-electron chi connectivity index (χ2n) is 5.28. The van der Waals surface area contributed by atoms with E-state index < -0.39 is 0 Å². The van der Waals surface area contributed by atoms with Gasteiger partial charge in [-0.25, -0.2) is 0 Å². The summed E-state index contributed by atoms with van der Waals surface area (Å²) in [6.45, 7) is 2.77. The average molecular weight is 404 g/mol. The highest BCUT2D eigenvalue weighted by atomic mass is 79.9. The zero-order valence-electron chi connectivity index (χ0n) is 11.6. The lowest BCUT2D eigenvalue weighted by Gasteiger charge is -2.35. The number of rotatable bonds is 3. The summed E-state index contributed by atoms with van der Waals surface area (Å²) in [6, 6.07) is 6.33. The van der Waals surface area contributed by atoms with Gasteiger partial charge in [0.25, 0.3) is 5.91 Å². The van der Waals surface area contributed by atoms with E-state index >= 15 is 0 Å². The van der Waals surface area contributed by atoms with Crippen molar-refractivity contribution in [2.45, 2.75) is 44.7 Å². The molecule has 0 atom stereocenters. The van der Waals surface area contributed by atoms with Crippen LogP contribution in [0.5, 0.6) is 0 Å². The van der Waals surface area contributed by atoms with E-state index in [0.717, 1.165) is 46.7 Å². The minimum atomic E-state index is 0.0983. The molecule has 2 rings (SSSR count). The van der Waals surface area contributed by atoms with Crippen LogP contribution < -0.4 is 5.73 Å². The predicted molar refractivity (Wildman–Crippen MR) is 88.8 cm³/mol. The van der Waals surface area contributed by atoms with Crippen LogP contribution in [0.4, 0.5) is 0 Å². The van der Waals surface area contributed by atoms with Crippen LogP contribution >= 0.6 is 31.9 Å². The lowest BCUT2D eigenvalue weighted by Crippen LogP contribution is -2.44. The van der Waals surface area contributed by atoms with E-state index in [0.29, 0.717) is 12.1 Å². The van der Waals surface area contributed by atoms with Crippen molar-refractivity contribution < 1.29 is 4.79 Å². The van der Waals surface area contributed by atoms with Gasteiger partial charge in [-0.2, -0.15) is 0 Å². The zero-order valence-corrected chi connectivity index (χ0v) is 14.8. The van der Waals surface area contributed by atoms with Gasteiger partial charge in [0, 0.05) is 27.6 Å². The Morgan fingerprint density at radius 1 is 1.30 bits per heavy atom. The third-order valence-corrected chi connectivity index (χ3v) is 5.13. The summed E-state index contributed by atoms with van der Waals surface area (Å²) in [4.78, 5) is 14.8. The van der Waals surface area contributed by atoms with Gasteiger partial charge in [0.2, 0.25) is 0 Å². The first-order valence-corrected chi connectivity index (χ1v) is 8.63. The minimum absolute atomic E-state index is 0.0983. The summed E-state index contributed by atoms with van der Waals surface area (Å²) in [7, 11) is 0. The van der Waals surface area contributed by atoms with E-state index in [1.54, 1.807) is 0 Å². The Labute approximate surface area is 137 Å². The van der Waals surface area contributed by atoms with Gasteiger partial charge in [-0.1, -0.05) is 15.9 Å². The maximum Gasteiger partial charge on any atom is 0.255 e. The molecule has 1 fully saturated rings. The van der Waals surface area contributed by atoms with Crippen LogP contribution in [0.1, 0.15) is 43.0 Å². The van der Waals surface area contributed by atoms with Crippen molar-refractivity contribution in [3.8, 4) is 0 Å². The van der Waals surface area contributed by atoms with Crippen molar-refractivity contribution in [1.29, 1.82) is 0 Å². The van der Waals surface area contributed by atoms with Gasteiger partial charge >= 0.3 is 0 Å². The van der Waals surface area contributed by atoms with Crippen LogP contribution in [0.2, 0.25) is 0 Å². The number of benzene rings is 1. The fraction of sp³-hybridized carbons (Fsp3) is 0.533. The third-order valence-electron chi connectivity index (χ3n) is 3.94.